The molecule has 0 aromatic heterocycles. The number of nitrogens with zero attached hydrogens (tertiary/aromatic N) is 1. The molecule has 1 N–H and O–H groups in total. The predicted molar refractivity (Wildman–Crippen MR) is 104 cm³/mol. The summed E-state index contributed by atoms with van der Waals surface area (Å²) >= 11 is 1.64. The van der Waals surface area contributed by atoms with Gasteiger partial charge in [-0.3, -0.25) is 9.10 Å². The van der Waals surface area contributed by atoms with Crippen LogP contribution in [-0.4, -0.2) is 39.4 Å². The number of nitrogens with one attached hydrogen (secondary N) is 1. The number of carbonyl (C=O) groups is 1. The number of amides is 1. The third-order valence-electron chi connectivity index (χ3n) is 3.45. The summed E-state index contributed by atoms with van der Waals surface area (Å²) in [7, 11) is -3.53. The molecule has 0 saturated carbocycles. The molecule has 0 aliphatic carbocycles. The van der Waals surface area contributed by atoms with Gasteiger partial charge in [-0.25, -0.2) is 8.42 Å². The van der Waals surface area contributed by atoms with Crippen molar-refractivity contribution in [3.05, 3.63) is 60.2 Å². The Morgan fingerprint density at radius 1 is 1.08 bits per heavy atom. The van der Waals surface area contributed by atoms with Crippen LogP contribution in [0.25, 0.3) is 0 Å². The molecule has 0 fully saturated rings. The number of hydrogen-bond donors (Lipinski definition) is 1. The molecule has 0 spiro atoms. The van der Waals surface area contributed by atoms with E-state index in [9.17, 15) is 13.2 Å². The van der Waals surface area contributed by atoms with Crippen molar-refractivity contribution in [2.75, 3.05) is 29.4 Å². The smallest absolute Gasteiger partial charge is 0.240 e. The summed E-state index contributed by atoms with van der Waals surface area (Å²) < 4.78 is 25.1. The van der Waals surface area contributed by atoms with Gasteiger partial charge in [0.2, 0.25) is 15.9 Å². The number of carbonyl (C=O) groups excluding carboxylic acids is 1. The van der Waals surface area contributed by atoms with Crippen molar-refractivity contribution in [1.82, 2.24) is 5.32 Å². The summed E-state index contributed by atoms with van der Waals surface area (Å²) in [6.07, 6.45) is 1.10. The lowest BCUT2D eigenvalue weighted by Gasteiger charge is -2.22. The van der Waals surface area contributed by atoms with E-state index in [4.69, 9.17) is 0 Å². The fourth-order valence-corrected chi connectivity index (χ4v) is 3.82. The maximum atomic E-state index is 12.1. The highest BCUT2D eigenvalue weighted by molar-refractivity contribution is 7.99. The highest BCUT2D eigenvalue weighted by atomic mass is 32.2. The van der Waals surface area contributed by atoms with Crippen molar-refractivity contribution in [1.29, 1.82) is 0 Å². The van der Waals surface area contributed by atoms with Gasteiger partial charge in [0.05, 0.1) is 11.9 Å². The summed E-state index contributed by atoms with van der Waals surface area (Å²) in [6.45, 7) is 2.17. The number of thioether (sulfide) groups is 1. The van der Waals surface area contributed by atoms with E-state index in [1.165, 1.54) is 0 Å². The highest BCUT2D eigenvalue weighted by Gasteiger charge is 2.20. The van der Waals surface area contributed by atoms with Gasteiger partial charge in [0, 0.05) is 17.2 Å². The molecule has 0 bridgehead atoms. The minimum Gasteiger partial charge on any atom is -0.354 e. The first-order valence-corrected chi connectivity index (χ1v) is 10.7. The SMILES string of the molecule is Cc1ccc(N(CC(=O)NCCSc2ccccc2)S(C)(=O)=O)cc1. The van der Waals surface area contributed by atoms with E-state index in [-0.39, 0.29) is 12.5 Å². The summed E-state index contributed by atoms with van der Waals surface area (Å²) in [5.41, 5.74) is 1.52. The molecule has 5 nitrogen and oxygen atoms in total. The van der Waals surface area contributed by atoms with Crippen LogP contribution in [0.15, 0.2) is 59.5 Å². The molecule has 0 saturated heterocycles. The Kier molecular flexibility index (Phi) is 6.90. The predicted octanol–water partition coefficient (Wildman–Crippen LogP) is 2.67. The average Bonchev–Trinajstić information content (AvgIpc) is 2.57. The van der Waals surface area contributed by atoms with Crippen LogP contribution in [0.1, 0.15) is 5.56 Å². The third kappa shape index (κ3) is 6.43. The van der Waals surface area contributed by atoms with Gasteiger partial charge in [-0.2, -0.15) is 0 Å². The van der Waals surface area contributed by atoms with E-state index in [0.717, 1.165) is 26.8 Å². The zero-order chi connectivity index (χ0) is 18.3. The molecule has 2 aromatic carbocycles. The molecule has 134 valence electrons. The van der Waals surface area contributed by atoms with Crippen molar-refractivity contribution in [3.8, 4) is 0 Å². The zero-order valence-corrected chi connectivity index (χ0v) is 15.9. The number of hydrogen-bond acceptors (Lipinski definition) is 4. The summed E-state index contributed by atoms with van der Waals surface area (Å²) in [5, 5.41) is 2.77. The minimum atomic E-state index is -3.53. The van der Waals surface area contributed by atoms with Crippen LogP contribution in [0.4, 0.5) is 5.69 Å². The Hall–Kier alpha value is -1.99. The standard InChI is InChI=1S/C18H22N2O3S2/c1-15-8-10-16(11-9-15)20(25(2,22)23)14-18(21)19-12-13-24-17-6-4-3-5-7-17/h3-11H,12-14H2,1-2H3,(H,19,21). The van der Waals surface area contributed by atoms with E-state index in [2.05, 4.69) is 5.32 Å². The van der Waals surface area contributed by atoms with Gasteiger partial charge in [-0.15, -0.1) is 11.8 Å². The first-order chi connectivity index (χ1) is 11.9. The number of rotatable bonds is 8. The Morgan fingerprint density at radius 2 is 1.72 bits per heavy atom. The van der Waals surface area contributed by atoms with Gasteiger partial charge >= 0.3 is 0 Å². The molecule has 25 heavy (non-hydrogen) atoms. The van der Waals surface area contributed by atoms with Crippen molar-refractivity contribution in [2.24, 2.45) is 0 Å². The molecule has 0 atom stereocenters. The van der Waals surface area contributed by atoms with E-state index < -0.39 is 10.0 Å². The highest BCUT2D eigenvalue weighted by Crippen LogP contribution is 2.18. The van der Waals surface area contributed by atoms with Gasteiger partial charge in [0.25, 0.3) is 0 Å². The second-order valence-corrected chi connectivity index (χ2v) is 8.69. The van der Waals surface area contributed by atoms with Gasteiger partial charge < -0.3 is 5.32 Å². The molecule has 0 aliphatic rings. The quantitative estimate of drug-likeness (QED) is 0.566. The first kappa shape index (κ1) is 19.3. The van der Waals surface area contributed by atoms with Crippen LogP contribution in [0.2, 0.25) is 0 Å². The number of anilines is 1. The van der Waals surface area contributed by atoms with Crippen molar-refractivity contribution < 1.29 is 13.2 Å². The lowest BCUT2D eigenvalue weighted by Crippen LogP contribution is -2.41. The van der Waals surface area contributed by atoms with Crippen LogP contribution in [0.5, 0.6) is 0 Å². The Balaban J connectivity index is 1.88. The Labute approximate surface area is 153 Å². The molecular formula is C18H22N2O3S2. The molecule has 0 aliphatic heterocycles. The van der Waals surface area contributed by atoms with E-state index in [1.807, 2.05) is 49.4 Å². The van der Waals surface area contributed by atoms with Gasteiger partial charge in [-0.1, -0.05) is 35.9 Å². The number of sulfonamides is 1. The van der Waals surface area contributed by atoms with E-state index in [0.29, 0.717) is 12.2 Å². The Morgan fingerprint density at radius 3 is 2.32 bits per heavy atom. The minimum absolute atomic E-state index is 0.224. The van der Waals surface area contributed by atoms with Crippen molar-refractivity contribution >= 4 is 33.4 Å². The Bertz CT molecular complexity index is 791. The third-order valence-corrected chi connectivity index (χ3v) is 5.60. The van der Waals surface area contributed by atoms with Crippen LogP contribution in [0.3, 0.4) is 0 Å². The lowest BCUT2D eigenvalue weighted by molar-refractivity contribution is -0.119. The van der Waals surface area contributed by atoms with Crippen LogP contribution >= 0.6 is 11.8 Å². The van der Waals surface area contributed by atoms with Gasteiger partial charge in [0.15, 0.2) is 0 Å². The second-order valence-electron chi connectivity index (χ2n) is 5.62. The normalized spacial score (nSPS) is 11.1. The molecule has 1 amide bonds. The van der Waals surface area contributed by atoms with Crippen LogP contribution in [-0.2, 0) is 14.8 Å². The van der Waals surface area contributed by atoms with E-state index >= 15 is 0 Å². The maximum Gasteiger partial charge on any atom is 0.240 e. The second kappa shape index (κ2) is 8.92. The molecular weight excluding hydrogens is 356 g/mol. The zero-order valence-electron chi connectivity index (χ0n) is 14.3. The summed E-state index contributed by atoms with van der Waals surface area (Å²) in [6, 6.07) is 17.0. The summed E-state index contributed by atoms with van der Waals surface area (Å²) in [5.74, 6) is 0.402. The van der Waals surface area contributed by atoms with Crippen molar-refractivity contribution in [2.45, 2.75) is 11.8 Å². The molecule has 2 aromatic rings. The van der Waals surface area contributed by atoms with Gasteiger partial charge in [0.1, 0.15) is 6.54 Å². The van der Waals surface area contributed by atoms with Gasteiger partial charge in [-0.05, 0) is 31.2 Å². The molecule has 0 radical (unpaired) electrons. The summed E-state index contributed by atoms with van der Waals surface area (Å²) in [4.78, 5) is 13.3. The van der Waals surface area contributed by atoms with Crippen LogP contribution in [0, 0.1) is 6.92 Å². The fourth-order valence-electron chi connectivity index (χ4n) is 2.17. The fraction of sp³-hybridized carbons (Fsp3) is 0.278. The average molecular weight is 379 g/mol. The number of benzene rings is 2. The molecule has 7 heteroatoms. The number of aryl methyl sites for hydroxylation is 1. The monoisotopic (exact) mass is 378 g/mol. The van der Waals surface area contributed by atoms with Crippen LogP contribution < -0.4 is 9.62 Å². The molecule has 0 heterocycles. The molecule has 0 unspecified atom stereocenters. The maximum absolute atomic E-state index is 12.1. The molecule has 2 rings (SSSR count). The lowest BCUT2D eigenvalue weighted by atomic mass is 10.2. The van der Waals surface area contributed by atoms with E-state index in [1.54, 1.807) is 23.9 Å². The largest absolute Gasteiger partial charge is 0.354 e. The first-order valence-electron chi connectivity index (χ1n) is 7.85. The van der Waals surface area contributed by atoms with Crippen molar-refractivity contribution in [3.63, 3.8) is 0 Å². The topological polar surface area (TPSA) is 66.5 Å².